The predicted octanol–water partition coefficient (Wildman–Crippen LogP) is 2.71. The number of rotatable bonds is 3. The molecule has 0 atom stereocenters. The molecule has 4 heteroatoms. The van der Waals surface area contributed by atoms with Crippen molar-refractivity contribution >= 4 is 6.08 Å². The molecule has 0 aliphatic carbocycles. The van der Waals surface area contributed by atoms with Crippen molar-refractivity contribution in [3.8, 4) is 0 Å². The van der Waals surface area contributed by atoms with Crippen molar-refractivity contribution in [2.24, 2.45) is 5.11 Å². The van der Waals surface area contributed by atoms with Gasteiger partial charge in [-0.2, -0.15) is 0 Å². The van der Waals surface area contributed by atoms with Crippen LogP contribution >= 0.6 is 0 Å². The average Bonchev–Trinajstić information content (AvgIpc) is 2.15. The van der Waals surface area contributed by atoms with Crippen molar-refractivity contribution < 1.29 is 0 Å². The van der Waals surface area contributed by atoms with Gasteiger partial charge in [-0.1, -0.05) is 23.3 Å². The summed E-state index contributed by atoms with van der Waals surface area (Å²) >= 11 is 0. The molecule has 0 N–H and O–H groups in total. The minimum atomic E-state index is 0.379. The lowest BCUT2D eigenvalue weighted by Gasteiger charge is -1.92. The van der Waals surface area contributed by atoms with Crippen LogP contribution in [0.15, 0.2) is 29.5 Å². The maximum atomic E-state index is 8.01. The van der Waals surface area contributed by atoms with Crippen LogP contribution in [-0.2, 0) is 0 Å². The second-order valence-corrected chi connectivity index (χ2v) is 2.55. The average molecular weight is 174 g/mol. The topological polar surface area (TPSA) is 61.7 Å². The molecular weight excluding hydrogens is 164 g/mol. The molecule has 1 aromatic rings. The van der Waals surface area contributed by atoms with E-state index < -0.39 is 0 Å². The van der Waals surface area contributed by atoms with Crippen molar-refractivity contribution in [3.05, 3.63) is 46.1 Å². The fourth-order valence-corrected chi connectivity index (χ4v) is 0.850. The Morgan fingerprint density at radius 3 is 3.08 bits per heavy atom. The van der Waals surface area contributed by atoms with Gasteiger partial charge in [0.2, 0.25) is 0 Å². The van der Waals surface area contributed by atoms with Gasteiger partial charge in [-0.25, -0.2) is 0 Å². The summed E-state index contributed by atoms with van der Waals surface area (Å²) in [5.74, 6) is 0. The first kappa shape index (κ1) is 9.29. The molecule has 0 unspecified atom stereocenters. The van der Waals surface area contributed by atoms with Gasteiger partial charge in [0.1, 0.15) is 0 Å². The van der Waals surface area contributed by atoms with E-state index in [1.807, 2.05) is 25.1 Å². The summed E-state index contributed by atoms with van der Waals surface area (Å²) in [6, 6.07) is 3.90. The molecule has 0 aromatic carbocycles. The first-order valence-corrected chi connectivity index (χ1v) is 3.93. The third-order valence-electron chi connectivity index (χ3n) is 1.49. The number of azide groups is 1. The van der Waals surface area contributed by atoms with Crippen LogP contribution in [0.4, 0.5) is 0 Å². The van der Waals surface area contributed by atoms with E-state index in [-0.39, 0.29) is 0 Å². The van der Waals surface area contributed by atoms with Crippen molar-refractivity contribution in [1.82, 2.24) is 4.98 Å². The van der Waals surface area contributed by atoms with Gasteiger partial charge in [0.25, 0.3) is 0 Å². The first-order valence-electron chi connectivity index (χ1n) is 3.93. The fourth-order valence-electron chi connectivity index (χ4n) is 0.850. The van der Waals surface area contributed by atoms with Crippen LogP contribution in [0, 0.1) is 6.92 Å². The minimum absolute atomic E-state index is 0.379. The van der Waals surface area contributed by atoms with Crippen LogP contribution in [0.25, 0.3) is 16.5 Å². The molecule has 1 rings (SSSR count). The SMILES string of the molecule is Cc1ccc(C=CCN=[N+]=[N-])cn1. The van der Waals surface area contributed by atoms with Gasteiger partial charge < -0.3 is 0 Å². The van der Waals surface area contributed by atoms with Crippen molar-refractivity contribution in [1.29, 1.82) is 0 Å². The van der Waals surface area contributed by atoms with Crippen molar-refractivity contribution in [3.63, 3.8) is 0 Å². The van der Waals surface area contributed by atoms with E-state index in [0.717, 1.165) is 11.3 Å². The van der Waals surface area contributed by atoms with E-state index in [1.165, 1.54) is 0 Å². The molecular formula is C9H10N4. The Bertz CT molecular complexity index is 333. The number of hydrogen-bond acceptors (Lipinski definition) is 2. The lowest BCUT2D eigenvalue weighted by Crippen LogP contribution is -1.80. The number of pyridine rings is 1. The summed E-state index contributed by atoms with van der Waals surface area (Å²) in [6.07, 6.45) is 5.45. The van der Waals surface area contributed by atoms with Crippen molar-refractivity contribution in [2.75, 3.05) is 6.54 Å². The maximum Gasteiger partial charge on any atom is 0.0443 e. The molecule has 0 radical (unpaired) electrons. The zero-order chi connectivity index (χ0) is 9.52. The summed E-state index contributed by atoms with van der Waals surface area (Å²) in [7, 11) is 0. The van der Waals surface area contributed by atoms with Crippen LogP contribution in [0.3, 0.4) is 0 Å². The number of hydrogen-bond donors (Lipinski definition) is 0. The molecule has 13 heavy (non-hydrogen) atoms. The maximum absolute atomic E-state index is 8.01. The highest BCUT2D eigenvalue weighted by Gasteiger charge is 1.85. The monoisotopic (exact) mass is 174 g/mol. The van der Waals surface area contributed by atoms with Gasteiger partial charge in [-0.15, -0.1) is 0 Å². The largest absolute Gasteiger partial charge is 0.261 e. The third-order valence-corrected chi connectivity index (χ3v) is 1.49. The highest BCUT2D eigenvalue weighted by atomic mass is 15.1. The van der Waals surface area contributed by atoms with Gasteiger partial charge in [-0.3, -0.25) is 4.98 Å². The van der Waals surface area contributed by atoms with Crippen LogP contribution in [0.2, 0.25) is 0 Å². The standard InChI is InChI=1S/C9H10N4/c1-8-4-5-9(7-11-8)3-2-6-12-13-10/h2-5,7H,6H2,1H3. The Balaban J connectivity index is 2.58. The van der Waals surface area contributed by atoms with E-state index in [2.05, 4.69) is 15.0 Å². The van der Waals surface area contributed by atoms with E-state index in [9.17, 15) is 0 Å². The molecule has 0 spiro atoms. The molecule has 0 bridgehead atoms. The van der Waals surface area contributed by atoms with Gasteiger partial charge in [0, 0.05) is 23.3 Å². The summed E-state index contributed by atoms with van der Waals surface area (Å²) in [6.45, 7) is 2.32. The van der Waals surface area contributed by atoms with E-state index >= 15 is 0 Å². The van der Waals surface area contributed by atoms with E-state index in [0.29, 0.717) is 6.54 Å². The Labute approximate surface area is 76.6 Å². The molecule has 4 nitrogen and oxygen atoms in total. The quantitative estimate of drug-likeness (QED) is 0.394. The van der Waals surface area contributed by atoms with Crippen LogP contribution in [0.5, 0.6) is 0 Å². The summed E-state index contributed by atoms with van der Waals surface area (Å²) < 4.78 is 0. The minimum Gasteiger partial charge on any atom is -0.261 e. The Morgan fingerprint density at radius 1 is 1.62 bits per heavy atom. The lowest BCUT2D eigenvalue weighted by molar-refractivity contribution is 1.19. The Hall–Kier alpha value is -1.80. The van der Waals surface area contributed by atoms with Gasteiger partial charge in [0.05, 0.1) is 0 Å². The molecule has 0 saturated carbocycles. The molecule has 1 aromatic heterocycles. The molecule has 0 aliphatic heterocycles. The lowest BCUT2D eigenvalue weighted by atomic mass is 10.2. The van der Waals surface area contributed by atoms with E-state index in [4.69, 9.17) is 5.53 Å². The van der Waals surface area contributed by atoms with Gasteiger partial charge in [-0.05, 0) is 24.1 Å². The Kier molecular flexibility index (Phi) is 3.54. The highest BCUT2D eigenvalue weighted by Crippen LogP contribution is 2.01. The molecule has 0 fully saturated rings. The molecule has 1 heterocycles. The molecule has 0 aliphatic rings. The highest BCUT2D eigenvalue weighted by molar-refractivity contribution is 5.47. The summed E-state index contributed by atoms with van der Waals surface area (Å²) in [5.41, 5.74) is 10.0. The van der Waals surface area contributed by atoms with Crippen LogP contribution < -0.4 is 0 Å². The molecule has 66 valence electrons. The zero-order valence-corrected chi connectivity index (χ0v) is 7.38. The molecule has 0 saturated heterocycles. The second-order valence-electron chi connectivity index (χ2n) is 2.55. The van der Waals surface area contributed by atoms with Crippen LogP contribution in [-0.4, -0.2) is 11.5 Å². The van der Waals surface area contributed by atoms with Crippen LogP contribution in [0.1, 0.15) is 11.3 Å². The van der Waals surface area contributed by atoms with Gasteiger partial charge in [0.15, 0.2) is 0 Å². The van der Waals surface area contributed by atoms with Crippen molar-refractivity contribution in [2.45, 2.75) is 6.92 Å². The normalized spacial score (nSPS) is 9.92. The number of aromatic nitrogens is 1. The first-order chi connectivity index (χ1) is 6.33. The Morgan fingerprint density at radius 2 is 2.46 bits per heavy atom. The second kappa shape index (κ2) is 4.95. The summed E-state index contributed by atoms with van der Waals surface area (Å²) in [5, 5.41) is 3.38. The van der Waals surface area contributed by atoms with E-state index in [1.54, 1.807) is 12.3 Å². The predicted molar refractivity (Wildman–Crippen MR) is 52.0 cm³/mol. The fraction of sp³-hybridized carbons (Fsp3) is 0.222. The number of nitrogens with zero attached hydrogens (tertiary/aromatic N) is 4. The molecule has 0 amide bonds. The zero-order valence-electron chi connectivity index (χ0n) is 7.38. The number of aryl methyl sites for hydroxylation is 1. The third kappa shape index (κ3) is 3.40. The smallest absolute Gasteiger partial charge is 0.0443 e. The van der Waals surface area contributed by atoms with Gasteiger partial charge >= 0.3 is 0 Å². The summed E-state index contributed by atoms with van der Waals surface area (Å²) in [4.78, 5) is 6.76.